The minimum absolute atomic E-state index is 0.0966. The summed E-state index contributed by atoms with van der Waals surface area (Å²) in [6, 6.07) is 19.2. The van der Waals surface area contributed by atoms with E-state index in [1.807, 2.05) is 73.8 Å². The molecule has 0 saturated heterocycles. The first-order chi connectivity index (χ1) is 14.7. The van der Waals surface area contributed by atoms with Crippen LogP contribution in [0.25, 0.3) is 10.2 Å². The zero-order valence-electron chi connectivity index (χ0n) is 16.7. The standard InChI is InChI=1S/C23H21N3O2S2/c1-3-28-18-10-11-20-21(14-18)30-23(25-20)26(15-17-8-4-5-12-24-17)22(27)16-7-6-9-19(13-16)29-2/h4-14H,3,15H2,1-2H3. The number of hydrogen-bond acceptors (Lipinski definition) is 6. The number of thiazole rings is 1. The first-order valence-corrected chi connectivity index (χ1v) is 11.6. The molecule has 0 atom stereocenters. The number of amides is 1. The van der Waals surface area contributed by atoms with Crippen LogP contribution in [0.5, 0.6) is 5.75 Å². The van der Waals surface area contributed by atoms with E-state index in [0.717, 1.165) is 26.6 Å². The molecule has 0 N–H and O–H groups in total. The zero-order valence-corrected chi connectivity index (χ0v) is 18.4. The molecule has 0 radical (unpaired) electrons. The number of anilines is 1. The molecule has 0 bridgehead atoms. The quantitative estimate of drug-likeness (QED) is 0.351. The second-order valence-corrected chi connectivity index (χ2v) is 8.39. The molecule has 4 aromatic rings. The monoisotopic (exact) mass is 435 g/mol. The van der Waals surface area contributed by atoms with Crippen molar-refractivity contribution >= 4 is 44.4 Å². The summed E-state index contributed by atoms with van der Waals surface area (Å²) in [5, 5.41) is 0.642. The van der Waals surface area contributed by atoms with Crippen LogP contribution in [0.4, 0.5) is 5.13 Å². The molecule has 1 amide bonds. The van der Waals surface area contributed by atoms with Gasteiger partial charge in [-0.3, -0.25) is 14.7 Å². The van der Waals surface area contributed by atoms with Crippen LogP contribution in [0.15, 0.2) is 71.8 Å². The molecule has 5 nitrogen and oxygen atoms in total. The van der Waals surface area contributed by atoms with E-state index in [4.69, 9.17) is 9.72 Å². The Hall–Kier alpha value is -2.90. The zero-order chi connectivity index (χ0) is 20.9. The maximum absolute atomic E-state index is 13.5. The lowest BCUT2D eigenvalue weighted by molar-refractivity contribution is 0.0984. The second kappa shape index (κ2) is 9.28. The molecule has 7 heteroatoms. The Bertz CT molecular complexity index is 1160. The molecular formula is C23H21N3O2S2. The first kappa shape index (κ1) is 20.4. The van der Waals surface area contributed by atoms with Crippen molar-refractivity contribution in [3.63, 3.8) is 0 Å². The van der Waals surface area contributed by atoms with Crippen LogP contribution in [0.1, 0.15) is 23.0 Å². The van der Waals surface area contributed by atoms with Crippen molar-refractivity contribution < 1.29 is 9.53 Å². The van der Waals surface area contributed by atoms with Gasteiger partial charge in [0.05, 0.1) is 29.1 Å². The van der Waals surface area contributed by atoms with Gasteiger partial charge in [0, 0.05) is 16.7 Å². The Balaban J connectivity index is 1.74. The van der Waals surface area contributed by atoms with Gasteiger partial charge in [-0.1, -0.05) is 23.5 Å². The summed E-state index contributed by atoms with van der Waals surface area (Å²) in [6.07, 6.45) is 3.73. The number of carbonyl (C=O) groups is 1. The Morgan fingerprint density at radius 1 is 1.13 bits per heavy atom. The number of benzene rings is 2. The van der Waals surface area contributed by atoms with Crippen LogP contribution in [0.3, 0.4) is 0 Å². The number of hydrogen-bond donors (Lipinski definition) is 0. The number of ether oxygens (including phenoxy) is 1. The van der Waals surface area contributed by atoms with Gasteiger partial charge in [0.15, 0.2) is 5.13 Å². The van der Waals surface area contributed by atoms with E-state index in [0.29, 0.717) is 23.8 Å². The fraction of sp³-hybridized carbons (Fsp3) is 0.174. The summed E-state index contributed by atoms with van der Waals surface area (Å²) in [6.45, 7) is 2.91. The Morgan fingerprint density at radius 3 is 2.80 bits per heavy atom. The fourth-order valence-corrected chi connectivity index (χ4v) is 4.51. The van der Waals surface area contributed by atoms with E-state index in [-0.39, 0.29) is 5.91 Å². The number of aromatic nitrogens is 2. The van der Waals surface area contributed by atoms with Gasteiger partial charge in [-0.2, -0.15) is 0 Å². The molecular weight excluding hydrogens is 414 g/mol. The first-order valence-electron chi connectivity index (χ1n) is 9.57. The number of nitrogens with zero attached hydrogens (tertiary/aromatic N) is 3. The third kappa shape index (κ3) is 4.47. The number of pyridine rings is 1. The SMILES string of the molecule is CCOc1ccc2nc(N(Cc3ccccn3)C(=O)c3cccc(SC)c3)sc2c1. The van der Waals surface area contributed by atoms with Crippen molar-refractivity contribution in [2.45, 2.75) is 18.4 Å². The average molecular weight is 436 g/mol. The van der Waals surface area contributed by atoms with Gasteiger partial charge < -0.3 is 4.74 Å². The van der Waals surface area contributed by atoms with Gasteiger partial charge in [0.2, 0.25) is 0 Å². The third-order valence-corrected chi connectivity index (χ3v) is 6.27. The lowest BCUT2D eigenvalue weighted by Gasteiger charge is -2.20. The number of fused-ring (bicyclic) bond motifs is 1. The summed E-state index contributed by atoms with van der Waals surface area (Å²) in [5.41, 5.74) is 2.28. The molecule has 2 heterocycles. The van der Waals surface area contributed by atoms with Crippen molar-refractivity contribution in [2.24, 2.45) is 0 Å². The molecule has 2 aromatic carbocycles. The Labute approximate surface area is 183 Å². The third-order valence-electron chi connectivity index (χ3n) is 4.50. The summed E-state index contributed by atoms with van der Waals surface area (Å²) >= 11 is 3.09. The highest BCUT2D eigenvalue weighted by atomic mass is 32.2. The lowest BCUT2D eigenvalue weighted by atomic mass is 10.2. The predicted octanol–water partition coefficient (Wildman–Crippen LogP) is 5.66. The van der Waals surface area contributed by atoms with Crippen LogP contribution in [0, 0.1) is 0 Å². The normalized spacial score (nSPS) is 10.9. The molecule has 30 heavy (non-hydrogen) atoms. The minimum Gasteiger partial charge on any atom is -0.494 e. The topological polar surface area (TPSA) is 55.3 Å². The Kier molecular flexibility index (Phi) is 6.30. The van der Waals surface area contributed by atoms with Crippen LogP contribution in [-0.2, 0) is 6.54 Å². The fourth-order valence-electron chi connectivity index (χ4n) is 3.06. The second-order valence-electron chi connectivity index (χ2n) is 6.50. The molecule has 0 fully saturated rings. The van der Waals surface area contributed by atoms with Crippen molar-refractivity contribution in [2.75, 3.05) is 17.8 Å². The maximum atomic E-state index is 13.5. The van der Waals surface area contributed by atoms with E-state index in [2.05, 4.69) is 4.98 Å². The van der Waals surface area contributed by atoms with Gasteiger partial charge in [-0.15, -0.1) is 11.8 Å². The van der Waals surface area contributed by atoms with Gasteiger partial charge in [-0.05, 0) is 61.7 Å². The average Bonchev–Trinajstić information content (AvgIpc) is 3.21. The summed E-state index contributed by atoms with van der Waals surface area (Å²) in [7, 11) is 0. The Morgan fingerprint density at radius 2 is 2.03 bits per heavy atom. The van der Waals surface area contributed by atoms with Gasteiger partial charge in [0.1, 0.15) is 5.75 Å². The number of rotatable bonds is 7. The van der Waals surface area contributed by atoms with Crippen molar-refractivity contribution in [3.05, 3.63) is 78.1 Å². The molecule has 2 aromatic heterocycles. The lowest BCUT2D eigenvalue weighted by Crippen LogP contribution is -2.30. The highest BCUT2D eigenvalue weighted by molar-refractivity contribution is 7.98. The van der Waals surface area contributed by atoms with Crippen LogP contribution in [-0.4, -0.2) is 28.7 Å². The minimum atomic E-state index is -0.0966. The summed E-state index contributed by atoms with van der Waals surface area (Å²) in [4.78, 5) is 25.4. The van der Waals surface area contributed by atoms with E-state index >= 15 is 0 Å². The smallest absolute Gasteiger partial charge is 0.260 e. The summed E-state index contributed by atoms with van der Waals surface area (Å²) in [5.74, 6) is 0.705. The highest BCUT2D eigenvalue weighted by Gasteiger charge is 2.22. The molecule has 0 unspecified atom stereocenters. The van der Waals surface area contributed by atoms with E-state index < -0.39 is 0 Å². The predicted molar refractivity (Wildman–Crippen MR) is 124 cm³/mol. The molecule has 152 valence electrons. The number of thioether (sulfide) groups is 1. The highest BCUT2D eigenvalue weighted by Crippen LogP contribution is 2.33. The van der Waals surface area contributed by atoms with Gasteiger partial charge in [-0.25, -0.2) is 4.98 Å². The number of carbonyl (C=O) groups excluding carboxylic acids is 1. The van der Waals surface area contributed by atoms with E-state index in [1.165, 1.54) is 11.3 Å². The molecule has 0 saturated carbocycles. The van der Waals surface area contributed by atoms with E-state index in [9.17, 15) is 4.79 Å². The van der Waals surface area contributed by atoms with Gasteiger partial charge in [0.25, 0.3) is 5.91 Å². The molecule has 4 rings (SSSR count). The summed E-state index contributed by atoms with van der Waals surface area (Å²) < 4.78 is 6.59. The van der Waals surface area contributed by atoms with E-state index in [1.54, 1.807) is 22.9 Å². The van der Waals surface area contributed by atoms with Crippen molar-refractivity contribution in [1.29, 1.82) is 0 Å². The molecule has 0 aliphatic carbocycles. The van der Waals surface area contributed by atoms with Crippen LogP contribution < -0.4 is 9.64 Å². The van der Waals surface area contributed by atoms with Crippen LogP contribution >= 0.6 is 23.1 Å². The molecule has 0 spiro atoms. The van der Waals surface area contributed by atoms with Crippen molar-refractivity contribution in [1.82, 2.24) is 9.97 Å². The van der Waals surface area contributed by atoms with Gasteiger partial charge >= 0.3 is 0 Å². The maximum Gasteiger partial charge on any atom is 0.260 e. The molecule has 0 aliphatic rings. The van der Waals surface area contributed by atoms with Crippen LogP contribution in [0.2, 0.25) is 0 Å². The largest absolute Gasteiger partial charge is 0.494 e. The van der Waals surface area contributed by atoms with Crippen molar-refractivity contribution in [3.8, 4) is 5.75 Å². The molecule has 0 aliphatic heterocycles.